The summed E-state index contributed by atoms with van der Waals surface area (Å²) in [6, 6.07) is 0. The van der Waals surface area contributed by atoms with Crippen LogP contribution in [0.1, 0.15) is 29.8 Å². The Bertz CT molecular complexity index is 461. The fraction of sp³-hybridized carbons (Fsp3) is 0.455. The van der Waals surface area contributed by atoms with Gasteiger partial charge in [0.15, 0.2) is 11.5 Å². The molecule has 2 N–H and O–H groups in total. The Kier molecular flexibility index (Phi) is 4.14. The van der Waals surface area contributed by atoms with Crippen LogP contribution in [0.25, 0.3) is 0 Å². The highest BCUT2D eigenvalue weighted by molar-refractivity contribution is 8.00. The summed E-state index contributed by atoms with van der Waals surface area (Å²) in [4.78, 5) is 30.4. The smallest absolute Gasteiger partial charge is 0.358 e. The Morgan fingerprint density at radius 2 is 2.11 bits per heavy atom. The van der Waals surface area contributed by atoms with E-state index in [0.717, 1.165) is 25.0 Å². The van der Waals surface area contributed by atoms with Crippen molar-refractivity contribution in [3.8, 4) is 0 Å². The van der Waals surface area contributed by atoms with Crippen molar-refractivity contribution in [2.45, 2.75) is 24.5 Å². The quantitative estimate of drug-likeness (QED) is 0.860. The van der Waals surface area contributed by atoms with Gasteiger partial charge in [0.25, 0.3) is 0 Å². The lowest BCUT2D eigenvalue weighted by molar-refractivity contribution is -0.115. The van der Waals surface area contributed by atoms with Crippen molar-refractivity contribution in [2.75, 3.05) is 11.1 Å². The number of carboxylic acids is 1. The minimum atomic E-state index is -1.20. The third-order valence-electron chi connectivity index (χ3n) is 2.61. The highest BCUT2D eigenvalue weighted by atomic mass is 32.2. The van der Waals surface area contributed by atoms with Gasteiger partial charge in [0.2, 0.25) is 5.91 Å². The first-order chi connectivity index (χ1) is 8.68. The second-order valence-corrected chi connectivity index (χ2v) is 5.21. The molecule has 96 valence electrons. The summed E-state index contributed by atoms with van der Waals surface area (Å²) in [6.45, 7) is 0. The molecule has 1 aromatic heterocycles. The number of carbonyl (C=O) groups is 2. The van der Waals surface area contributed by atoms with E-state index in [1.54, 1.807) is 11.8 Å². The summed E-state index contributed by atoms with van der Waals surface area (Å²) in [5, 5.41) is 11.4. The molecular formula is C11H13N3O3S. The number of carboxylic acid groups (broad SMARTS) is 1. The molecule has 1 fully saturated rings. The second kappa shape index (κ2) is 5.81. The van der Waals surface area contributed by atoms with Crippen LogP contribution in [0, 0.1) is 0 Å². The van der Waals surface area contributed by atoms with Crippen molar-refractivity contribution >= 4 is 29.5 Å². The van der Waals surface area contributed by atoms with Gasteiger partial charge in [-0.05, 0) is 18.6 Å². The van der Waals surface area contributed by atoms with E-state index in [1.807, 2.05) is 0 Å². The number of hydrogen-bond acceptors (Lipinski definition) is 5. The van der Waals surface area contributed by atoms with E-state index < -0.39 is 5.97 Å². The maximum atomic E-state index is 11.9. The number of nitrogens with one attached hydrogen (secondary N) is 1. The number of amides is 1. The molecule has 0 bridgehead atoms. The van der Waals surface area contributed by atoms with Crippen LogP contribution in [0.2, 0.25) is 0 Å². The normalized spacial score (nSPS) is 19.2. The molecule has 1 saturated heterocycles. The standard InChI is InChI=1S/C11H13N3O3S/c15-10(7-3-1-2-6-18-7)14-9-8(11(16)17)12-4-5-13-9/h4-5,7H,1-3,6H2,(H,16,17)(H,13,14,15). The van der Waals surface area contributed by atoms with Crippen LogP contribution in [-0.2, 0) is 4.79 Å². The molecule has 0 aliphatic carbocycles. The van der Waals surface area contributed by atoms with Gasteiger partial charge in [-0.2, -0.15) is 0 Å². The Labute approximate surface area is 108 Å². The molecule has 1 unspecified atom stereocenters. The Balaban J connectivity index is 2.08. The van der Waals surface area contributed by atoms with Crippen LogP contribution in [0.4, 0.5) is 5.82 Å². The fourth-order valence-corrected chi connectivity index (χ4v) is 2.93. The van der Waals surface area contributed by atoms with E-state index in [9.17, 15) is 9.59 Å². The number of anilines is 1. The largest absolute Gasteiger partial charge is 0.476 e. The average molecular weight is 267 g/mol. The molecule has 2 heterocycles. The lowest BCUT2D eigenvalue weighted by Gasteiger charge is -2.20. The van der Waals surface area contributed by atoms with Gasteiger partial charge < -0.3 is 10.4 Å². The van der Waals surface area contributed by atoms with Crippen molar-refractivity contribution in [1.29, 1.82) is 0 Å². The maximum Gasteiger partial charge on any atom is 0.358 e. The number of aromatic nitrogens is 2. The summed E-state index contributed by atoms with van der Waals surface area (Å²) < 4.78 is 0. The van der Waals surface area contributed by atoms with E-state index in [-0.39, 0.29) is 22.7 Å². The van der Waals surface area contributed by atoms with Crippen molar-refractivity contribution in [3.05, 3.63) is 18.1 Å². The summed E-state index contributed by atoms with van der Waals surface area (Å²) in [5.41, 5.74) is -0.230. The van der Waals surface area contributed by atoms with Gasteiger partial charge in [-0.1, -0.05) is 6.42 Å². The Morgan fingerprint density at radius 3 is 2.78 bits per heavy atom. The average Bonchev–Trinajstić information content (AvgIpc) is 2.40. The highest BCUT2D eigenvalue weighted by Crippen LogP contribution is 2.26. The number of aromatic carboxylic acids is 1. The summed E-state index contributed by atoms with van der Waals surface area (Å²) >= 11 is 1.60. The third kappa shape index (κ3) is 2.98. The van der Waals surface area contributed by atoms with Crippen LogP contribution in [-0.4, -0.2) is 38.0 Å². The summed E-state index contributed by atoms with van der Waals surface area (Å²) in [5.74, 6) is -0.414. The molecule has 0 aromatic carbocycles. The van der Waals surface area contributed by atoms with Crippen LogP contribution in [0.5, 0.6) is 0 Å². The van der Waals surface area contributed by atoms with Crippen LogP contribution >= 0.6 is 11.8 Å². The van der Waals surface area contributed by atoms with Crippen molar-refractivity contribution in [3.63, 3.8) is 0 Å². The van der Waals surface area contributed by atoms with Gasteiger partial charge in [-0.15, -0.1) is 11.8 Å². The molecular weight excluding hydrogens is 254 g/mol. The summed E-state index contributed by atoms with van der Waals surface area (Å²) in [7, 11) is 0. The number of hydrogen-bond donors (Lipinski definition) is 2. The van der Waals surface area contributed by atoms with Crippen molar-refractivity contribution in [1.82, 2.24) is 9.97 Å². The lowest BCUT2D eigenvalue weighted by atomic mass is 10.2. The zero-order valence-electron chi connectivity index (χ0n) is 9.63. The first-order valence-electron chi connectivity index (χ1n) is 5.65. The zero-order valence-corrected chi connectivity index (χ0v) is 10.4. The molecule has 1 aliphatic heterocycles. The van der Waals surface area contributed by atoms with Crippen LogP contribution in [0.15, 0.2) is 12.4 Å². The minimum Gasteiger partial charge on any atom is -0.476 e. The van der Waals surface area contributed by atoms with E-state index in [0.29, 0.717) is 0 Å². The molecule has 0 saturated carbocycles. The molecule has 1 amide bonds. The van der Waals surface area contributed by atoms with Gasteiger partial charge >= 0.3 is 5.97 Å². The fourth-order valence-electron chi connectivity index (χ4n) is 1.73. The van der Waals surface area contributed by atoms with Gasteiger partial charge in [-0.25, -0.2) is 14.8 Å². The number of thioether (sulfide) groups is 1. The molecule has 2 rings (SSSR count). The van der Waals surface area contributed by atoms with E-state index in [2.05, 4.69) is 15.3 Å². The first kappa shape index (κ1) is 12.8. The molecule has 1 atom stereocenters. The van der Waals surface area contributed by atoms with Gasteiger partial charge in [0, 0.05) is 12.4 Å². The monoisotopic (exact) mass is 267 g/mol. The molecule has 7 heteroatoms. The van der Waals surface area contributed by atoms with Gasteiger partial charge in [-0.3, -0.25) is 4.79 Å². The van der Waals surface area contributed by atoms with E-state index >= 15 is 0 Å². The minimum absolute atomic E-state index is 0.0150. The van der Waals surface area contributed by atoms with E-state index in [4.69, 9.17) is 5.11 Å². The predicted octanol–water partition coefficient (Wildman–Crippen LogP) is 1.40. The molecule has 6 nitrogen and oxygen atoms in total. The summed E-state index contributed by atoms with van der Waals surface area (Å²) in [6.07, 6.45) is 5.61. The Hall–Kier alpha value is -1.63. The zero-order chi connectivity index (χ0) is 13.0. The maximum absolute atomic E-state index is 11.9. The lowest BCUT2D eigenvalue weighted by Crippen LogP contribution is -2.28. The van der Waals surface area contributed by atoms with Crippen molar-refractivity contribution < 1.29 is 14.7 Å². The van der Waals surface area contributed by atoms with E-state index in [1.165, 1.54) is 12.4 Å². The highest BCUT2D eigenvalue weighted by Gasteiger charge is 2.24. The Morgan fingerprint density at radius 1 is 1.33 bits per heavy atom. The number of carbonyl (C=O) groups excluding carboxylic acids is 1. The number of rotatable bonds is 3. The SMILES string of the molecule is O=C(O)c1nccnc1NC(=O)C1CCCCS1. The molecule has 18 heavy (non-hydrogen) atoms. The second-order valence-electron chi connectivity index (χ2n) is 3.90. The predicted molar refractivity (Wildman–Crippen MR) is 67.7 cm³/mol. The molecule has 0 radical (unpaired) electrons. The van der Waals surface area contributed by atoms with Gasteiger partial charge in [0.05, 0.1) is 5.25 Å². The number of nitrogens with zero attached hydrogens (tertiary/aromatic N) is 2. The first-order valence-corrected chi connectivity index (χ1v) is 6.70. The van der Waals surface area contributed by atoms with Gasteiger partial charge in [0.1, 0.15) is 0 Å². The van der Waals surface area contributed by atoms with Crippen LogP contribution in [0.3, 0.4) is 0 Å². The third-order valence-corrected chi connectivity index (χ3v) is 3.99. The molecule has 1 aromatic rings. The topological polar surface area (TPSA) is 92.2 Å². The van der Waals surface area contributed by atoms with Crippen LogP contribution < -0.4 is 5.32 Å². The molecule has 1 aliphatic rings. The molecule has 0 spiro atoms. The van der Waals surface area contributed by atoms with Crippen molar-refractivity contribution in [2.24, 2.45) is 0 Å².